The third kappa shape index (κ3) is 4.40. The number of halogens is 2. The molecule has 0 atom stereocenters. The Morgan fingerprint density at radius 2 is 1.93 bits per heavy atom. The van der Waals surface area contributed by atoms with Crippen LogP contribution in [0.3, 0.4) is 0 Å². The predicted octanol–water partition coefficient (Wildman–Crippen LogP) is 3.07. The van der Waals surface area contributed by atoms with Gasteiger partial charge in [0.15, 0.2) is 0 Å². The van der Waals surface area contributed by atoms with Crippen LogP contribution in [0.4, 0.5) is 15.8 Å². The Morgan fingerprint density at radius 1 is 1.21 bits per heavy atom. The van der Waals surface area contributed by atoms with Crippen LogP contribution in [0.25, 0.3) is 0 Å². The van der Waals surface area contributed by atoms with Crippen molar-refractivity contribution in [2.75, 3.05) is 38.1 Å². The molecule has 0 unspecified atom stereocenters. The Hall–Kier alpha value is -2.71. The van der Waals surface area contributed by atoms with Crippen molar-refractivity contribution in [1.29, 1.82) is 0 Å². The van der Waals surface area contributed by atoms with E-state index in [9.17, 15) is 19.3 Å². The summed E-state index contributed by atoms with van der Waals surface area (Å²) in [5.74, 6) is -0.724. The molecule has 1 N–H and O–H groups in total. The Kier molecular flexibility index (Phi) is 6.11. The summed E-state index contributed by atoms with van der Waals surface area (Å²) in [6.45, 7) is 3.35. The number of nitrogens with zero attached hydrogens (tertiary/aromatic N) is 3. The van der Waals surface area contributed by atoms with Gasteiger partial charge in [0.25, 0.3) is 11.6 Å². The molecule has 0 spiro atoms. The molecule has 2 aromatic rings. The second kappa shape index (κ2) is 8.53. The zero-order chi connectivity index (χ0) is 20.3. The van der Waals surface area contributed by atoms with Gasteiger partial charge in [-0.3, -0.25) is 19.8 Å². The van der Waals surface area contributed by atoms with E-state index in [1.807, 2.05) is 4.90 Å². The number of non-ortho nitro benzene ring substituents is 1. The molecule has 0 aromatic heterocycles. The Morgan fingerprint density at radius 3 is 2.54 bits per heavy atom. The van der Waals surface area contributed by atoms with Crippen LogP contribution in [-0.4, -0.2) is 49.0 Å². The summed E-state index contributed by atoms with van der Waals surface area (Å²) >= 11 is 6.11. The van der Waals surface area contributed by atoms with Gasteiger partial charge in [0, 0.05) is 56.9 Å². The molecule has 28 heavy (non-hydrogen) atoms. The highest BCUT2D eigenvalue weighted by Gasteiger charge is 2.23. The monoisotopic (exact) mass is 406 g/mol. The average molecular weight is 407 g/mol. The number of hydrogen-bond acceptors (Lipinski definition) is 5. The number of hydrogen-bond donors (Lipinski definition) is 1. The van der Waals surface area contributed by atoms with E-state index < -0.39 is 4.92 Å². The maximum atomic E-state index is 13.2. The van der Waals surface area contributed by atoms with Crippen LogP contribution in [-0.2, 0) is 6.54 Å². The van der Waals surface area contributed by atoms with Gasteiger partial charge in [-0.25, -0.2) is 4.39 Å². The fraction of sp³-hybridized carbons (Fsp3) is 0.316. The lowest BCUT2D eigenvalue weighted by molar-refractivity contribution is -0.384. The van der Waals surface area contributed by atoms with Crippen LogP contribution in [0.2, 0.25) is 5.02 Å². The van der Waals surface area contributed by atoms with Gasteiger partial charge in [0.05, 0.1) is 16.2 Å². The van der Waals surface area contributed by atoms with Gasteiger partial charge in [-0.15, -0.1) is 0 Å². The van der Waals surface area contributed by atoms with E-state index in [0.717, 1.165) is 18.7 Å². The fourth-order valence-corrected chi connectivity index (χ4v) is 3.49. The molecule has 0 radical (unpaired) electrons. The first-order chi connectivity index (χ1) is 13.4. The molecule has 1 aliphatic heterocycles. The maximum Gasteiger partial charge on any atom is 0.270 e. The van der Waals surface area contributed by atoms with E-state index in [2.05, 4.69) is 10.2 Å². The number of nitrogens with one attached hydrogen (secondary N) is 1. The molecule has 7 nitrogen and oxygen atoms in total. The van der Waals surface area contributed by atoms with E-state index in [1.54, 1.807) is 12.1 Å². The smallest absolute Gasteiger partial charge is 0.270 e. The number of carbonyl (C=O) groups excluding carboxylic acids is 1. The summed E-state index contributed by atoms with van der Waals surface area (Å²) in [6, 6.07) is 8.72. The lowest BCUT2D eigenvalue weighted by atomic mass is 10.1. The Labute approximate surface area is 166 Å². The minimum Gasteiger partial charge on any atom is -0.368 e. The van der Waals surface area contributed by atoms with E-state index in [4.69, 9.17) is 11.6 Å². The lowest BCUT2D eigenvalue weighted by Crippen LogP contribution is -2.46. The molecule has 1 saturated heterocycles. The summed E-state index contributed by atoms with van der Waals surface area (Å²) in [5.41, 5.74) is 1.70. The van der Waals surface area contributed by atoms with Gasteiger partial charge < -0.3 is 10.2 Å². The summed E-state index contributed by atoms with van der Waals surface area (Å²) in [5, 5.41) is 14.0. The van der Waals surface area contributed by atoms with Gasteiger partial charge in [-0.1, -0.05) is 17.7 Å². The molecule has 0 aliphatic carbocycles. The summed E-state index contributed by atoms with van der Waals surface area (Å²) in [6.07, 6.45) is 0. The number of carbonyl (C=O) groups is 1. The molecule has 9 heteroatoms. The number of piperazine rings is 1. The number of anilines is 1. The minimum atomic E-state index is -0.513. The Balaban J connectivity index is 1.72. The maximum absolute atomic E-state index is 13.2. The van der Waals surface area contributed by atoms with Crippen molar-refractivity contribution < 1.29 is 14.1 Å². The van der Waals surface area contributed by atoms with E-state index in [1.165, 1.54) is 31.3 Å². The molecule has 1 aliphatic rings. The molecule has 0 saturated carbocycles. The number of rotatable bonds is 5. The largest absolute Gasteiger partial charge is 0.368 e. The summed E-state index contributed by atoms with van der Waals surface area (Å²) in [4.78, 5) is 27.0. The minimum absolute atomic E-state index is 0.119. The average Bonchev–Trinajstić information content (AvgIpc) is 2.69. The van der Waals surface area contributed by atoms with Crippen molar-refractivity contribution in [3.8, 4) is 0 Å². The zero-order valence-corrected chi connectivity index (χ0v) is 16.1. The molecule has 1 amide bonds. The molecular formula is C19H20ClFN4O3. The quantitative estimate of drug-likeness (QED) is 0.609. The second-order valence-corrected chi connectivity index (χ2v) is 6.94. The summed E-state index contributed by atoms with van der Waals surface area (Å²) in [7, 11) is 1.50. The lowest BCUT2D eigenvalue weighted by Gasteiger charge is -2.37. The van der Waals surface area contributed by atoms with Crippen molar-refractivity contribution >= 4 is 28.9 Å². The number of nitro groups is 1. The second-order valence-electron chi connectivity index (χ2n) is 6.54. The van der Waals surface area contributed by atoms with E-state index >= 15 is 0 Å². The summed E-state index contributed by atoms with van der Waals surface area (Å²) < 4.78 is 13.2. The van der Waals surface area contributed by atoms with Crippen LogP contribution in [0.1, 0.15) is 15.9 Å². The predicted molar refractivity (Wildman–Crippen MR) is 105 cm³/mol. The molecule has 2 aromatic carbocycles. The third-order valence-electron chi connectivity index (χ3n) is 4.78. The van der Waals surface area contributed by atoms with Gasteiger partial charge in [0.2, 0.25) is 0 Å². The molecule has 148 valence electrons. The van der Waals surface area contributed by atoms with E-state index in [0.29, 0.717) is 30.3 Å². The first-order valence-corrected chi connectivity index (χ1v) is 9.18. The zero-order valence-electron chi connectivity index (χ0n) is 15.3. The Bertz CT molecular complexity index is 901. The topological polar surface area (TPSA) is 78.7 Å². The van der Waals surface area contributed by atoms with Crippen molar-refractivity contribution in [3.05, 3.63) is 68.5 Å². The van der Waals surface area contributed by atoms with Crippen LogP contribution in [0.15, 0.2) is 36.4 Å². The molecule has 1 fully saturated rings. The van der Waals surface area contributed by atoms with Gasteiger partial charge >= 0.3 is 0 Å². The highest BCUT2D eigenvalue weighted by atomic mass is 35.5. The van der Waals surface area contributed by atoms with Gasteiger partial charge in [-0.05, 0) is 23.8 Å². The van der Waals surface area contributed by atoms with Crippen LogP contribution < -0.4 is 10.2 Å². The van der Waals surface area contributed by atoms with Crippen LogP contribution in [0.5, 0.6) is 0 Å². The van der Waals surface area contributed by atoms with Gasteiger partial charge in [0.1, 0.15) is 5.82 Å². The molecule has 3 rings (SSSR count). The highest BCUT2D eigenvalue weighted by Crippen LogP contribution is 2.27. The first kappa shape index (κ1) is 20.0. The van der Waals surface area contributed by atoms with Gasteiger partial charge in [-0.2, -0.15) is 0 Å². The fourth-order valence-electron chi connectivity index (χ4n) is 3.27. The normalized spacial score (nSPS) is 14.8. The van der Waals surface area contributed by atoms with Crippen LogP contribution in [0, 0.1) is 15.9 Å². The molecular weight excluding hydrogens is 387 g/mol. The number of benzene rings is 2. The first-order valence-electron chi connectivity index (χ1n) is 8.81. The highest BCUT2D eigenvalue weighted by molar-refractivity contribution is 6.31. The third-order valence-corrected chi connectivity index (χ3v) is 5.14. The standard InChI is InChI=1S/C19H20ClFN4O3/c1-22-19(26)16-11-15(25(27)28)4-5-18(16)24-8-6-23(7-9-24)12-13-2-3-14(21)10-17(13)20/h2-5,10-11H,6-9,12H2,1H3,(H,22,26). The van der Waals surface area contributed by atoms with E-state index in [-0.39, 0.29) is 23.0 Å². The SMILES string of the molecule is CNC(=O)c1cc([N+](=O)[O-])ccc1N1CCN(Cc2ccc(F)cc2Cl)CC1. The molecule has 1 heterocycles. The van der Waals surface area contributed by atoms with Crippen molar-refractivity contribution in [3.63, 3.8) is 0 Å². The van der Waals surface area contributed by atoms with Crippen molar-refractivity contribution in [2.45, 2.75) is 6.54 Å². The molecule has 0 bridgehead atoms. The van der Waals surface area contributed by atoms with Crippen LogP contribution >= 0.6 is 11.6 Å². The van der Waals surface area contributed by atoms with Crippen molar-refractivity contribution in [2.24, 2.45) is 0 Å². The number of nitro benzene ring substituents is 1. The number of amides is 1. The van der Waals surface area contributed by atoms with Crippen molar-refractivity contribution in [1.82, 2.24) is 10.2 Å².